The van der Waals surface area contributed by atoms with Crippen LogP contribution in [0.4, 0.5) is 0 Å². The maximum atomic E-state index is 11.8. The van der Waals surface area contributed by atoms with Gasteiger partial charge in [-0.25, -0.2) is 4.98 Å². The highest BCUT2D eigenvalue weighted by molar-refractivity contribution is 5.89. The number of hydrogen-bond donors (Lipinski definition) is 0. The first-order valence-electron chi connectivity index (χ1n) is 10.1. The van der Waals surface area contributed by atoms with Crippen LogP contribution < -0.4 is 9.47 Å². The highest BCUT2D eigenvalue weighted by Crippen LogP contribution is 2.31. The Labute approximate surface area is 183 Å². The monoisotopic (exact) mass is 429 g/mol. The zero-order chi connectivity index (χ0) is 20.4. The number of rotatable bonds is 7. The first-order valence-corrected chi connectivity index (χ1v) is 10.1. The number of pyridine rings is 1. The van der Waals surface area contributed by atoms with E-state index in [0.717, 1.165) is 36.2 Å². The number of carbonyl (C=O) groups excluding carboxylic acids is 1. The molecular weight excluding hydrogens is 402 g/mol. The van der Waals surface area contributed by atoms with Crippen molar-refractivity contribution in [2.75, 3.05) is 26.8 Å². The van der Waals surface area contributed by atoms with E-state index in [1.807, 2.05) is 23.1 Å². The number of halogens is 1. The number of aryl methyl sites for hydroxylation is 1. The van der Waals surface area contributed by atoms with Gasteiger partial charge < -0.3 is 18.9 Å². The summed E-state index contributed by atoms with van der Waals surface area (Å²) in [4.78, 5) is 18.2. The second-order valence-corrected chi connectivity index (χ2v) is 7.49. The van der Waals surface area contributed by atoms with Gasteiger partial charge in [-0.2, -0.15) is 0 Å². The van der Waals surface area contributed by atoms with Gasteiger partial charge in [-0.05, 0) is 49.6 Å². The van der Waals surface area contributed by atoms with Crippen LogP contribution in [0.5, 0.6) is 11.6 Å². The van der Waals surface area contributed by atoms with Gasteiger partial charge in [0, 0.05) is 36.8 Å². The molecule has 1 aromatic carbocycles. The third kappa shape index (κ3) is 4.24. The molecule has 0 N–H and O–H groups in total. The summed E-state index contributed by atoms with van der Waals surface area (Å²) in [6.07, 6.45) is 3.38. The van der Waals surface area contributed by atoms with Gasteiger partial charge in [0.2, 0.25) is 11.8 Å². The fourth-order valence-electron chi connectivity index (χ4n) is 3.97. The van der Waals surface area contributed by atoms with Crippen LogP contribution in [-0.4, -0.2) is 47.2 Å². The summed E-state index contributed by atoms with van der Waals surface area (Å²) in [5.41, 5.74) is 4.62. The first kappa shape index (κ1) is 22.0. The summed E-state index contributed by atoms with van der Waals surface area (Å²) < 4.78 is 13.6. The molecule has 4 rings (SSSR count). The van der Waals surface area contributed by atoms with E-state index in [1.54, 1.807) is 13.3 Å². The summed E-state index contributed by atoms with van der Waals surface area (Å²) in [5.74, 6) is 1.69. The van der Waals surface area contributed by atoms with E-state index >= 15 is 0 Å². The van der Waals surface area contributed by atoms with Gasteiger partial charge in [0.15, 0.2) is 0 Å². The van der Waals surface area contributed by atoms with Crippen LogP contribution in [0.15, 0.2) is 36.5 Å². The first-order chi connectivity index (χ1) is 14.1. The fourth-order valence-corrected chi connectivity index (χ4v) is 3.97. The highest BCUT2D eigenvalue weighted by atomic mass is 35.5. The van der Waals surface area contributed by atoms with Gasteiger partial charge >= 0.3 is 0 Å². The van der Waals surface area contributed by atoms with E-state index in [4.69, 9.17) is 9.47 Å². The van der Waals surface area contributed by atoms with Crippen molar-refractivity contribution in [1.29, 1.82) is 0 Å². The average molecular weight is 430 g/mol. The van der Waals surface area contributed by atoms with Crippen molar-refractivity contribution in [3.8, 4) is 11.6 Å². The Morgan fingerprint density at radius 2 is 1.90 bits per heavy atom. The Morgan fingerprint density at radius 3 is 2.57 bits per heavy atom. The molecule has 0 saturated carbocycles. The molecule has 30 heavy (non-hydrogen) atoms. The molecule has 6 nitrogen and oxygen atoms in total. The quantitative estimate of drug-likeness (QED) is 0.566. The van der Waals surface area contributed by atoms with Gasteiger partial charge in [-0.1, -0.05) is 12.1 Å². The molecule has 7 heteroatoms. The third-order valence-corrected chi connectivity index (χ3v) is 5.78. The van der Waals surface area contributed by atoms with Crippen molar-refractivity contribution in [1.82, 2.24) is 14.5 Å². The molecule has 3 aromatic rings. The van der Waals surface area contributed by atoms with Crippen LogP contribution in [0.2, 0.25) is 0 Å². The molecule has 1 aliphatic rings. The number of nitrogens with zero attached hydrogens (tertiary/aromatic N) is 3. The topological polar surface area (TPSA) is 56.6 Å². The molecule has 1 saturated heterocycles. The van der Waals surface area contributed by atoms with Crippen molar-refractivity contribution in [3.05, 3.63) is 53.3 Å². The smallest absolute Gasteiger partial charge is 0.238 e. The van der Waals surface area contributed by atoms with Crippen LogP contribution in [0.25, 0.3) is 10.9 Å². The van der Waals surface area contributed by atoms with Gasteiger partial charge in [-0.15, -0.1) is 12.4 Å². The zero-order valence-electron chi connectivity index (χ0n) is 17.7. The molecule has 160 valence electrons. The average Bonchev–Trinajstić information content (AvgIpc) is 3.25. The second-order valence-electron chi connectivity index (χ2n) is 7.49. The molecule has 3 heterocycles. The lowest BCUT2D eigenvalue weighted by molar-refractivity contribution is -0.128. The minimum atomic E-state index is 0. The van der Waals surface area contributed by atoms with Crippen LogP contribution in [0.3, 0.4) is 0 Å². The number of ether oxygens (including phenoxy) is 2. The Kier molecular flexibility index (Phi) is 6.87. The maximum Gasteiger partial charge on any atom is 0.238 e. The van der Waals surface area contributed by atoms with E-state index in [0.29, 0.717) is 25.5 Å². The molecule has 0 spiro atoms. The molecular formula is C23H28ClN3O3. The lowest BCUT2D eigenvalue weighted by Crippen LogP contribution is -2.29. The van der Waals surface area contributed by atoms with E-state index in [9.17, 15) is 4.79 Å². The normalized spacial score (nSPS) is 13.6. The number of hydrogen-bond acceptors (Lipinski definition) is 4. The van der Waals surface area contributed by atoms with Crippen molar-refractivity contribution >= 4 is 29.2 Å². The molecule has 1 fully saturated rings. The summed E-state index contributed by atoms with van der Waals surface area (Å²) in [6, 6.07) is 10.2. The third-order valence-electron chi connectivity index (χ3n) is 5.78. The van der Waals surface area contributed by atoms with E-state index in [2.05, 4.69) is 35.5 Å². The minimum absolute atomic E-state index is 0. The van der Waals surface area contributed by atoms with E-state index < -0.39 is 0 Å². The largest absolute Gasteiger partial charge is 0.497 e. The Balaban J connectivity index is 0.00000256. The highest BCUT2D eigenvalue weighted by Gasteiger charge is 2.21. The fraction of sp³-hybridized carbons (Fsp3) is 0.391. The molecule has 0 bridgehead atoms. The molecule has 1 aliphatic heterocycles. The lowest BCUT2D eigenvalue weighted by atomic mass is 10.2. The standard InChI is InChI=1S/C23H27N3O3.ClH/c1-16-17(2)26(15-18-6-8-19(28-3)9-7-18)22-20(16)10-11-24-23(22)29-14-13-25-12-4-5-21(25)27;/h6-11H,4-5,12-15H2,1-3H3;1H. The number of likely N-dealkylation sites (tertiary alicyclic amines) is 1. The second kappa shape index (κ2) is 9.39. The lowest BCUT2D eigenvalue weighted by Gasteiger charge is -2.16. The minimum Gasteiger partial charge on any atom is -0.497 e. The van der Waals surface area contributed by atoms with Gasteiger partial charge in [-0.3, -0.25) is 4.79 Å². The van der Waals surface area contributed by atoms with Crippen molar-refractivity contribution < 1.29 is 14.3 Å². The van der Waals surface area contributed by atoms with E-state index in [1.165, 1.54) is 16.8 Å². The molecule has 0 atom stereocenters. The molecule has 0 radical (unpaired) electrons. The van der Waals surface area contributed by atoms with Gasteiger partial charge in [0.25, 0.3) is 0 Å². The van der Waals surface area contributed by atoms with Crippen LogP contribution in [0, 0.1) is 13.8 Å². The van der Waals surface area contributed by atoms with Crippen LogP contribution in [0.1, 0.15) is 29.7 Å². The van der Waals surface area contributed by atoms with Crippen molar-refractivity contribution in [2.45, 2.75) is 33.2 Å². The molecule has 1 amide bonds. The predicted octanol–water partition coefficient (Wildman–Crippen LogP) is 4.13. The molecule has 2 aromatic heterocycles. The summed E-state index contributed by atoms with van der Waals surface area (Å²) in [7, 11) is 1.67. The van der Waals surface area contributed by atoms with Crippen LogP contribution >= 0.6 is 12.4 Å². The number of benzene rings is 1. The summed E-state index contributed by atoms with van der Waals surface area (Å²) >= 11 is 0. The Hall–Kier alpha value is -2.73. The van der Waals surface area contributed by atoms with Crippen molar-refractivity contribution in [2.24, 2.45) is 0 Å². The Morgan fingerprint density at radius 1 is 1.13 bits per heavy atom. The maximum absolute atomic E-state index is 11.8. The zero-order valence-corrected chi connectivity index (χ0v) is 18.5. The molecule has 0 aliphatic carbocycles. The summed E-state index contributed by atoms with van der Waals surface area (Å²) in [5, 5.41) is 1.15. The van der Waals surface area contributed by atoms with Gasteiger partial charge in [0.05, 0.1) is 13.7 Å². The van der Waals surface area contributed by atoms with Gasteiger partial charge in [0.1, 0.15) is 17.9 Å². The SMILES string of the molecule is COc1ccc(Cn2c(C)c(C)c3ccnc(OCCN4CCCC4=O)c32)cc1.Cl. The number of fused-ring (bicyclic) bond motifs is 1. The van der Waals surface area contributed by atoms with Crippen molar-refractivity contribution in [3.63, 3.8) is 0 Å². The van der Waals surface area contributed by atoms with E-state index in [-0.39, 0.29) is 18.3 Å². The summed E-state index contributed by atoms with van der Waals surface area (Å²) in [6.45, 7) is 6.87. The Bertz CT molecular complexity index is 1030. The number of aromatic nitrogens is 2. The number of methoxy groups -OCH3 is 1. The number of amides is 1. The predicted molar refractivity (Wildman–Crippen MR) is 120 cm³/mol. The van der Waals surface area contributed by atoms with Crippen LogP contribution in [-0.2, 0) is 11.3 Å². The number of carbonyl (C=O) groups is 1. The molecule has 0 unspecified atom stereocenters.